The van der Waals surface area contributed by atoms with E-state index in [9.17, 15) is 4.39 Å². The molecule has 1 saturated heterocycles. The normalized spacial score (nSPS) is 16.9. The van der Waals surface area contributed by atoms with Crippen molar-refractivity contribution in [1.29, 1.82) is 0 Å². The Morgan fingerprint density at radius 3 is 2.83 bits per heavy atom. The molecule has 0 radical (unpaired) electrons. The number of phenols is 1. The number of guanidine groups is 1. The lowest BCUT2D eigenvalue weighted by atomic mass is 10.2. The second-order valence-corrected chi connectivity index (χ2v) is 4.06. The van der Waals surface area contributed by atoms with Crippen molar-refractivity contribution >= 4 is 5.96 Å². The molecule has 5 nitrogen and oxygen atoms in total. The third-order valence-electron chi connectivity index (χ3n) is 2.77. The molecule has 0 bridgehead atoms. The lowest BCUT2D eigenvalue weighted by Crippen LogP contribution is -2.44. The van der Waals surface area contributed by atoms with Crippen LogP contribution in [-0.2, 0) is 11.3 Å². The topological polar surface area (TPSA) is 71.1 Å². The summed E-state index contributed by atoms with van der Waals surface area (Å²) in [5.74, 6) is -0.566. The molecule has 18 heavy (non-hydrogen) atoms. The number of phenolic OH excluding ortho intramolecular Hbond substituents is 1. The molecule has 0 atom stereocenters. The fraction of sp³-hybridized carbons (Fsp3) is 0.417. The Kier molecular flexibility index (Phi) is 3.99. The van der Waals surface area contributed by atoms with Crippen LogP contribution >= 0.6 is 0 Å². The van der Waals surface area contributed by atoms with E-state index in [2.05, 4.69) is 4.99 Å². The van der Waals surface area contributed by atoms with Gasteiger partial charge in [-0.3, -0.25) is 0 Å². The van der Waals surface area contributed by atoms with Crippen molar-refractivity contribution in [3.63, 3.8) is 0 Å². The van der Waals surface area contributed by atoms with Crippen LogP contribution in [0.15, 0.2) is 23.2 Å². The van der Waals surface area contributed by atoms with E-state index in [4.69, 9.17) is 15.6 Å². The van der Waals surface area contributed by atoms with Gasteiger partial charge in [-0.05, 0) is 17.7 Å². The molecule has 1 fully saturated rings. The largest absolute Gasteiger partial charge is 0.505 e. The molecule has 3 N–H and O–H groups in total. The lowest BCUT2D eigenvalue weighted by molar-refractivity contribution is 0.0674. The molecule has 98 valence electrons. The van der Waals surface area contributed by atoms with Crippen LogP contribution in [-0.4, -0.2) is 42.3 Å². The zero-order chi connectivity index (χ0) is 13.0. The fourth-order valence-electron chi connectivity index (χ4n) is 1.71. The number of aliphatic imine (C=N–C) groups is 1. The monoisotopic (exact) mass is 253 g/mol. The van der Waals surface area contributed by atoms with E-state index in [1.807, 2.05) is 4.90 Å². The first-order chi connectivity index (χ1) is 8.66. The van der Waals surface area contributed by atoms with E-state index in [0.717, 1.165) is 13.1 Å². The third-order valence-corrected chi connectivity index (χ3v) is 2.77. The minimum atomic E-state index is -0.646. The van der Waals surface area contributed by atoms with E-state index in [1.165, 1.54) is 12.1 Å². The number of halogens is 1. The summed E-state index contributed by atoms with van der Waals surface area (Å²) >= 11 is 0. The number of nitrogens with zero attached hydrogens (tertiary/aromatic N) is 2. The minimum absolute atomic E-state index is 0.292. The maximum atomic E-state index is 13.1. The summed E-state index contributed by atoms with van der Waals surface area (Å²) in [7, 11) is 0. The second-order valence-electron chi connectivity index (χ2n) is 4.06. The van der Waals surface area contributed by atoms with Crippen LogP contribution in [0.25, 0.3) is 0 Å². The lowest BCUT2D eigenvalue weighted by Gasteiger charge is -2.27. The first kappa shape index (κ1) is 12.6. The summed E-state index contributed by atoms with van der Waals surface area (Å²) in [4.78, 5) is 6.14. The van der Waals surface area contributed by atoms with Crippen LogP contribution in [0.4, 0.5) is 4.39 Å². The number of morpholine rings is 1. The highest BCUT2D eigenvalue weighted by molar-refractivity contribution is 5.78. The molecule has 0 unspecified atom stereocenters. The van der Waals surface area contributed by atoms with Crippen molar-refractivity contribution in [3.8, 4) is 5.75 Å². The molecule has 0 amide bonds. The van der Waals surface area contributed by atoms with Gasteiger partial charge in [-0.15, -0.1) is 0 Å². The van der Waals surface area contributed by atoms with Crippen molar-refractivity contribution in [1.82, 2.24) is 4.90 Å². The highest BCUT2D eigenvalue weighted by Gasteiger charge is 2.11. The number of ether oxygens (including phenoxy) is 1. The number of nitrogens with two attached hydrogens (primary N) is 1. The Labute approximate surface area is 105 Å². The Hall–Kier alpha value is -1.82. The van der Waals surface area contributed by atoms with Crippen molar-refractivity contribution in [2.45, 2.75) is 6.54 Å². The van der Waals surface area contributed by atoms with Crippen molar-refractivity contribution in [2.75, 3.05) is 26.3 Å². The molecule has 0 aliphatic carbocycles. The number of rotatable bonds is 2. The smallest absolute Gasteiger partial charge is 0.191 e. The fourth-order valence-corrected chi connectivity index (χ4v) is 1.71. The van der Waals surface area contributed by atoms with Gasteiger partial charge in [0.25, 0.3) is 0 Å². The van der Waals surface area contributed by atoms with Crippen LogP contribution in [0.1, 0.15) is 5.56 Å². The van der Waals surface area contributed by atoms with Crippen molar-refractivity contribution < 1.29 is 14.2 Å². The van der Waals surface area contributed by atoms with E-state index in [1.54, 1.807) is 6.07 Å². The van der Waals surface area contributed by atoms with Crippen LogP contribution in [0.5, 0.6) is 5.75 Å². The van der Waals surface area contributed by atoms with E-state index >= 15 is 0 Å². The van der Waals surface area contributed by atoms with Gasteiger partial charge in [0.15, 0.2) is 17.5 Å². The third kappa shape index (κ3) is 3.10. The highest BCUT2D eigenvalue weighted by Crippen LogP contribution is 2.16. The van der Waals surface area contributed by atoms with E-state index in [-0.39, 0.29) is 5.75 Å². The standard InChI is InChI=1S/C12H16FN3O2/c13-10-7-9(1-2-11(10)17)8-15-12(14)16-3-5-18-6-4-16/h1-2,7,17H,3-6,8H2,(H2,14,15). The van der Waals surface area contributed by atoms with Gasteiger partial charge in [-0.1, -0.05) is 6.07 Å². The number of hydrogen-bond acceptors (Lipinski definition) is 3. The van der Waals surface area contributed by atoms with Crippen molar-refractivity contribution in [2.24, 2.45) is 10.7 Å². The molecule has 1 heterocycles. The van der Waals surface area contributed by atoms with Crippen LogP contribution in [0.2, 0.25) is 0 Å². The summed E-state index contributed by atoms with van der Waals surface area (Å²) in [5.41, 5.74) is 6.51. The Morgan fingerprint density at radius 1 is 1.44 bits per heavy atom. The first-order valence-electron chi connectivity index (χ1n) is 5.77. The molecule has 2 rings (SSSR count). The van der Waals surface area contributed by atoms with Crippen LogP contribution in [0.3, 0.4) is 0 Å². The second kappa shape index (κ2) is 5.68. The molecule has 0 spiro atoms. The average molecular weight is 253 g/mol. The Bertz CT molecular complexity index is 445. The van der Waals surface area contributed by atoms with Gasteiger partial charge in [0.2, 0.25) is 0 Å². The van der Waals surface area contributed by atoms with Gasteiger partial charge < -0.3 is 20.5 Å². The van der Waals surface area contributed by atoms with E-state index in [0.29, 0.717) is 31.3 Å². The van der Waals surface area contributed by atoms with Gasteiger partial charge in [0.05, 0.1) is 19.8 Å². The van der Waals surface area contributed by atoms with Gasteiger partial charge in [0.1, 0.15) is 0 Å². The maximum absolute atomic E-state index is 13.1. The quantitative estimate of drug-likeness (QED) is 0.600. The molecule has 1 aromatic carbocycles. The summed E-state index contributed by atoms with van der Waals surface area (Å²) in [6, 6.07) is 4.19. The van der Waals surface area contributed by atoms with Crippen LogP contribution < -0.4 is 5.73 Å². The predicted molar refractivity (Wildman–Crippen MR) is 65.8 cm³/mol. The van der Waals surface area contributed by atoms with Gasteiger partial charge in [-0.2, -0.15) is 0 Å². The zero-order valence-corrected chi connectivity index (χ0v) is 9.97. The molecule has 1 aromatic rings. The molecular formula is C12H16FN3O2. The summed E-state index contributed by atoms with van der Waals surface area (Å²) < 4.78 is 18.3. The van der Waals surface area contributed by atoms with Gasteiger partial charge in [0, 0.05) is 13.1 Å². The summed E-state index contributed by atoms with van der Waals surface area (Å²) in [5, 5.41) is 9.07. The number of benzene rings is 1. The minimum Gasteiger partial charge on any atom is -0.505 e. The van der Waals surface area contributed by atoms with Crippen molar-refractivity contribution in [3.05, 3.63) is 29.6 Å². The average Bonchev–Trinajstić information content (AvgIpc) is 2.41. The van der Waals surface area contributed by atoms with Crippen LogP contribution in [0, 0.1) is 5.82 Å². The number of aromatic hydroxyl groups is 1. The molecule has 0 saturated carbocycles. The maximum Gasteiger partial charge on any atom is 0.191 e. The number of hydrogen-bond donors (Lipinski definition) is 2. The molecule has 0 aromatic heterocycles. The predicted octanol–water partition coefficient (Wildman–Crippen LogP) is 0.678. The molecule has 6 heteroatoms. The Balaban J connectivity index is 1.98. The van der Waals surface area contributed by atoms with Gasteiger partial charge in [-0.25, -0.2) is 9.38 Å². The zero-order valence-electron chi connectivity index (χ0n) is 9.97. The summed E-state index contributed by atoms with van der Waals surface area (Å²) in [6.45, 7) is 3.02. The molecule has 1 aliphatic rings. The molecular weight excluding hydrogens is 237 g/mol. The van der Waals surface area contributed by atoms with Gasteiger partial charge >= 0.3 is 0 Å². The highest BCUT2D eigenvalue weighted by atomic mass is 19.1. The Morgan fingerprint density at radius 2 is 2.17 bits per heavy atom. The first-order valence-corrected chi connectivity index (χ1v) is 5.77. The van der Waals surface area contributed by atoms with E-state index < -0.39 is 5.82 Å². The molecule has 1 aliphatic heterocycles. The SMILES string of the molecule is NC(=NCc1ccc(O)c(F)c1)N1CCOCC1. The summed E-state index contributed by atoms with van der Waals surface area (Å²) in [6.07, 6.45) is 0.